The summed E-state index contributed by atoms with van der Waals surface area (Å²) >= 11 is 0. The van der Waals surface area contributed by atoms with Gasteiger partial charge >= 0.3 is 0 Å². The first-order valence-electron chi connectivity index (χ1n) is 6.71. The topological polar surface area (TPSA) is 38.1 Å². The van der Waals surface area contributed by atoms with Crippen LogP contribution in [0.25, 0.3) is 0 Å². The first-order valence-corrected chi connectivity index (χ1v) is 6.71. The molecular weight excluding hydrogens is 236 g/mol. The number of nitrogens with zero attached hydrogens (tertiary/aromatic N) is 2. The van der Waals surface area contributed by atoms with Gasteiger partial charge < -0.3 is 9.67 Å². The van der Waals surface area contributed by atoms with E-state index in [9.17, 15) is 0 Å². The molecule has 19 heavy (non-hydrogen) atoms. The van der Waals surface area contributed by atoms with Crippen molar-refractivity contribution in [3.05, 3.63) is 52.1 Å². The van der Waals surface area contributed by atoms with Gasteiger partial charge in [-0.3, -0.25) is 0 Å². The molecule has 0 bridgehead atoms. The van der Waals surface area contributed by atoms with Crippen LogP contribution >= 0.6 is 0 Å². The Morgan fingerprint density at radius 3 is 2.53 bits per heavy atom. The van der Waals surface area contributed by atoms with Gasteiger partial charge in [0.25, 0.3) is 0 Å². The van der Waals surface area contributed by atoms with Crippen LogP contribution in [0.15, 0.2) is 18.2 Å². The minimum absolute atomic E-state index is 0.146. The summed E-state index contributed by atoms with van der Waals surface area (Å²) in [5, 5.41) is 9.05. The second-order valence-corrected chi connectivity index (χ2v) is 5.19. The van der Waals surface area contributed by atoms with Gasteiger partial charge in [0.1, 0.15) is 5.82 Å². The molecule has 2 rings (SSSR count). The van der Waals surface area contributed by atoms with Gasteiger partial charge in [-0.05, 0) is 37.5 Å². The van der Waals surface area contributed by atoms with Crippen LogP contribution in [0.4, 0.5) is 0 Å². The van der Waals surface area contributed by atoms with E-state index >= 15 is 0 Å². The monoisotopic (exact) mass is 258 g/mol. The maximum Gasteiger partial charge on any atom is 0.111 e. The van der Waals surface area contributed by atoms with Crippen LogP contribution < -0.4 is 0 Å². The molecule has 3 nitrogen and oxygen atoms in total. The Hall–Kier alpha value is -1.61. The van der Waals surface area contributed by atoms with Crippen molar-refractivity contribution in [3.8, 4) is 0 Å². The van der Waals surface area contributed by atoms with Crippen molar-refractivity contribution in [2.45, 2.75) is 33.6 Å². The van der Waals surface area contributed by atoms with Gasteiger partial charge in [-0.15, -0.1) is 0 Å². The number of hydrogen-bond acceptors (Lipinski definition) is 2. The maximum absolute atomic E-state index is 9.05. The van der Waals surface area contributed by atoms with Gasteiger partial charge in [0.05, 0.1) is 12.3 Å². The Kier molecular flexibility index (Phi) is 4.05. The van der Waals surface area contributed by atoms with E-state index in [2.05, 4.69) is 41.6 Å². The van der Waals surface area contributed by atoms with Crippen LogP contribution in [0.1, 0.15) is 33.9 Å². The van der Waals surface area contributed by atoms with E-state index in [1.54, 1.807) is 0 Å². The lowest BCUT2D eigenvalue weighted by molar-refractivity contribution is 0.295. The SMILES string of the molecule is Cc1ccc(Cc2c(C)nc(CCO)n2C)cc1C. The molecule has 0 saturated heterocycles. The number of aryl methyl sites for hydroxylation is 3. The second-order valence-electron chi connectivity index (χ2n) is 5.19. The molecule has 0 atom stereocenters. The van der Waals surface area contributed by atoms with Crippen LogP contribution in [0.3, 0.4) is 0 Å². The summed E-state index contributed by atoms with van der Waals surface area (Å²) in [6, 6.07) is 6.60. The molecule has 1 heterocycles. The average molecular weight is 258 g/mol. The molecule has 102 valence electrons. The molecule has 0 spiro atoms. The molecular formula is C16H22N2O. The van der Waals surface area contributed by atoms with E-state index in [0.717, 1.165) is 17.9 Å². The molecule has 0 amide bonds. The summed E-state index contributed by atoms with van der Waals surface area (Å²) < 4.78 is 2.11. The summed E-state index contributed by atoms with van der Waals surface area (Å²) in [5.41, 5.74) is 6.25. The predicted molar refractivity (Wildman–Crippen MR) is 77.5 cm³/mol. The van der Waals surface area contributed by atoms with Crippen LogP contribution in [0.2, 0.25) is 0 Å². The number of aliphatic hydroxyl groups excluding tert-OH is 1. The number of imidazole rings is 1. The second kappa shape index (κ2) is 5.57. The quantitative estimate of drug-likeness (QED) is 0.915. The fourth-order valence-corrected chi connectivity index (χ4v) is 2.41. The standard InChI is InChI=1S/C16H22N2O/c1-11-5-6-14(9-12(11)2)10-15-13(3)17-16(7-8-19)18(15)4/h5-6,9,19H,7-8,10H2,1-4H3. The van der Waals surface area contributed by atoms with E-state index in [4.69, 9.17) is 5.11 Å². The number of rotatable bonds is 4. The Balaban J connectivity index is 2.30. The van der Waals surface area contributed by atoms with Crippen molar-refractivity contribution in [3.63, 3.8) is 0 Å². The molecule has 0 fully saturated rings. The third-order valence-corrected chi connectivity index (χ3v) is 3.78. The highest BCUT2D eigenvalue weighted by molar-refractivity contribution is 5.33. The van der Waals surface area contributed by atoms with Gasteiger partial charge in [-0.1, -0.05) is 18.2 Å². The Morgan fingerprint density at radius 1 is 1.16 bits per heavy atom. The van der Waals surface area contributed by atoms with Crippen LogP contribution in [0, 0.1) is 20.8 Å². The van der Waals surface area contributed by atoms with Crippen molar-refractivity contribution >= 4 is 0 Å². The molecule has 2 aromatic rings. The average Bonchev–Trinajstić information content (AvgIpc) is 2.62. The summed E-state index contributed by atoms with van der Waals surface area (Å²) in [7, 11) is 2.03. The molecule has 1 N–H and O–H groups in total. The minimum atomic E-state index is 0.146. The smallest absolute Gasteiger partial charge is 0.111 e. The first-order chi connectivity index (χ1) is 9.02. The van der Waals surface area contributed by atoms with Gasteiger partial charge in [0, 0.05) is 25.6 Å². The van der Waals surface area contributed by atoms with Crippen molar-refractivity contribution in [2.24, 2.45) is 7.05 Å². The zero-order valence-corrected chi connectivity index (χ0v) is 12.2. The highest BCUT2D eigenvalue weighted by atomic mass is 16.3. The lowest BCUT2D eigenvalue weighted by atomic mass is 10.0. The predicted octanol–water partition coefficient (Wildman–Crippen LogP) is 2.47. The molecule has 0 saturated carbocycles. The van der Waals surface area contributed by atoms with E-state index in [1.807, 2.05) is 14.0 Å². The summed E-state index contributed by atoms with van der Waals surface area (Å²) in [6.45, 7) is 6.46. The number of benzene rings is 1. The fourth-order valence-electron chi connectivity index (χ4n) is 2.41. The number of hydrogen-bond donors (Lipinski definition) is 1. The summed E-state index contributed by atoms with van der Waals surface area (Å²) in [4.78, 5) is 4.54. The third kappa shape index (κ3) is 2.87. The largest absolute Gasteiger partial charge is 0.396 e. The van der Waals surface area contributed by atoms with Gasteiger partial charge in [0.2, 0.25) is 0 Å². The van der Waals surface area contributed by atoms with Crippen molar-refractivity contribution in [2.75, 3.05) is 6.61 Å². The fraction of sp³-hybridized carbons (Fsp3) is 0.438. The van der Waals surface area contributed by atoms with E-state index in [0.29, 0.717) is 6.42 Å². The highest BCUT2D eigenvalue weighted by Gasteiger charge is 2.11. The van der Waals surface area contributed by atoms with Gasteiger partial charge in [0.15, 0.2) is 0 Å². The van der Waals surface area contributed by atoms with Crippen LogP contribution in [-0.4, -0.2) is 21.3 Å². The molecule has 1 aromatic carbocycles. The lowest BCUT2D eigenvalue weighted by Crippen LogP contribution is -2.05. The summed E-state index contributed by atoms with van der Waals surface area (Å²) in [5.74, 6) is 0.957. The zero-order valence-electron chi connectivity index (χ0n) is 12.2. The Bertz CT molecular complexity index is 585. The van der Waals surface area contributed by atoms with Crippen molar-refractivity contribution in [1.29, 1.82) is 0 Å². The molecule has 0 aliphatic carbocycles. The molecule has 0 radical (unpaired) electrons. The first kappa shape index (κ1) is 13.8. The van der Waals surface area contributed by atoms with E-state index < -0.39 is 0 Å². The van der Waals surface area contributed by atoms with Crippen LogP contribution in [-0.2, 0) is 19.9 Å². The van der Waals surface area contributed by atoms with Gasteiger partial charge in [-0.25, -0.2) is 4.98 Å². The molecule has 0 aliphatic rings. The molecule has 0 unspecified atom stereocenters. The van der Waals surface area contributed by atoms with Gasteiger partial charge in [-0.2, -0.15) is 0 Å². The Morgan fingerprint density at radius 2 is 1.89 bits per heavy atom. The summed E-state index contributed by atoms with van der Waals surface area (Å²) in [6.07, 6.45) is 1.51. The lowest BCUT2D eigenvalue weighted by Gasteiger charge is -2.08. The van der Waals surface area contributed by atoms with Crippen molar-refractivity contribution < 1.29 is 5.11 Å². The highest BCUT2D eigenvalue weighted by Crippen LogP contribution is 2.17. The van der Waals surface area contributed by atoms with E-state index in [-0.39, 0.29) is 6.61 Å². The minimum Gasteiger partial charge on any atom is -0.396 e. The maximum atomic E-state index is 9.05. The third-order valence-electron chi connectivity index (χ3n) is 3.78. The van der Waals surface area contributed by atoms with Crippen molar-refractivity contribution in [1.82, 2.24) is 9.55 Å². The van der Waals surface area contributed by atoms with Crippen LogP contribution in [0.5, 0.6) is 0 Å². The Labute approximate surface area is 114 Å². The molecule has 0 aliphatic heterocycles. The number of aromatic nitrogens is 2. The zero-order chi connectivity index (χ0) is 14.0. The molecule has 1 aromatic heterocycles. The normalized spacial score (nSPS) is 11.0. The number of aliphatic hydroxyl groups is 1. The molecule has 3 heteroatoms. The van der Waals surface area contributed by atoms with E-state index in [1.165, 1.54) is 22.4 Å².